The third-order valence-corrected chi connectivity index (χ3v) is 5.53. The highest BCUT2D eigenvalue weighted by molar-refractivity contribution is 5.82. The number of fused-ring (bicyclic) bond motifs is 1. The maximum Gasteiger partial charge on any atom is 0.137 e. The Labute approximate surface area is 173 Å². The fourth-order valence-electron chi connectivity index (χ4n) is 3.84. The van der Waals surface area contributed by atoms with Crippen LogP contribution in [0.5, 0.6) is 5.75 Å². The summed E-state index contributed by atoms with van der Waals surface area (Å²) in [7, 11) is 1.68. The summed E-state index contributed by atoms with van der Waals surface area (Å²) in [6.45, 7) is 13.1. The maximum atomic E-state index is 6.30. The van der Waals surface area contributed by atoms with Crippen molar-refractivity contribution >= 4 is 11.0 Å². The SMILES string of the molecule is CC[NH+](CC)CCCN=c1cc(-c2ccc(OC)cc2)oc2cc(C)cc(C)c12. The quantitative estimate of drug-likeness (QED) is 0.589. The Morgan fingerprint density at radius 1 is 1.00 bits per heavy atom. The number of nitrogens with one attached hydrogen (secondary N) is 1. The van der Waals surface area contributed by atoms with E-state index in [9.17, 15) is 0 Å². The van der Waals surface area contributed by atoms with Crippen molar-refractivity contribution in [3.8, 4) is 17.1 Å². The molecule has 0 saturated heterocycles. The van der Waals surface area contributed by atoms with Crippen LogP contribution in [-0.4, -0.2) is 33.3 Å². The maximum absolute atomic E-state index is 6.30. The molecule has 1 heterocycles. The molecule has 0 aliphatic carbocycles. The lowest BCUT2D eigenvalue weighted by atomic mass is 10.0. The second-order valence-electron chi connectivity index (χ2n) is 7.62. The molecule has 3 aromatic rings. The largest absolute Gasteiger partial charge is 0.497 e. The molecule has 0 spiro atoms. The van der Waals surface area contributed by atoms with Gasteiger partial charge in [-0.1, -0.05) is 6.07 Å². The van der Waals surface area contributed by atoms with Gasteiger partial charge in [-0.3, -0.25) is 4.99 Å². The first kappa shape index (κ1) is 21.1. The second-order valence-corrected chi connectivity index (χ2v) is 7.62. The number of aryl methyl sites for hydroxylation is 2. The van der Waals surface area contributed by atoms with Crippen molar-refractivity contribution in [2.24, 2.45) is 4.99 Å². The van der Waals surface area contributed by atoms with E-state index in [0.717, 1.165) is 52.9 Å². The van der Waals surface area contributed by atoms with E-state index in [4.69, 9.17) is 14.1 Å². The van der Waals surface area contributed by atoms with Gasteiger partial charge in [0.1, 0.15) is 17.1 Å². The molecule has 4 heteroatoms. The van der Waals surface area contributed by atoms with Gasteiger partial charge < -0.3 is 14.1 Å². The van der Waals surface area contributed by atoms with Crippen LogP contribution in [0.15, 0.2) is 51.9 Å². The molecule has 0 bridgehead atoms. The first-order valence-electron chi connectivity index (χ1n) is 10.6. The zero-order valence-electron chi connectivity index (χ0n) is 18.3. The lowest BCUT2D eigenvalue weighted by Crippen LogP contribution is -3.11. The van der Waals surface area contributed by atoms with Gasteiger partial charge >= 0.3 is 0 Å². The molecular formula is C25H33N2O2+. The fourth-order valence-corrected chi connectivity index (χ4v) is 3.84. The normalized spacial score (nSPS) is 12.1. The Hall–Kier alpha value is -2.59. The predicted molar refractivity (Wildman–Crippen MR) is 120 cm³/mol. The van der Waals surface area contributed by atoms with E-state index in [1.165, 1.54) is 24.2 Å². The van der Waals surface area contributed by atoms with Gasteiger partial charge in [0.25, 0.3) is 0 Å². The summed E-state index contributed by atoms with van der Waals surface area (Å²) in [4.78, 5) is 6.61. The molecule has 0 aliphatic rings. The number of benzene rings is 2. The smallest absolute Gasteiger partial charge is 0.137 e. The zero-order chi connectivity index (χ0) is 20.8. The van der Waals surface area contributed by atoms with Crippen LogP contribution in [0.25, 0.3) is 22.3 Å². The molecule has 0 saturated carbocycles. The molecule has 0 aliphatic heterocycles. The molecule has 2 aromatic carbocycles. The lowest BCUT2D eigenvalue weighted by Gasteiger charge is -2.14. The van der Waals surface area contributed by atoms with Crippen LogP contribution in [-0.2, 0) is 0 Å². The van der Waals surface area contributed by atoms with Crippen molar-refractivity contribution in [1.82, 2.24) is 0 Å². The minimum absolute atomic E-state index is 0.831. The van der Waals surface area contributed by atoms with E-state index in [1.54, 1.807) is 12.0 Å². The van der Waals surface area contributed by atoms with Crippen LogP contribution < -0.4 is 15.0 Å². The van der Waals surface area contributed by atoms with Crippen molar-refractivity contribution < 1.29 is 14.1 Å². The zero-order valence-corrected chi connectivity index (χ0v) is 18.3. The van der Waals surface area contributed by atoms with Gasteiger partial charge in [0.2, 0.25) is 0 Å². The summed E-state index contributed by atoms with van der Waals surface area (Å²) < 4.78 is 11.6. The standard InChI is InChI=1S/C25H32N2O2/c1-6-27(7-2)14-8-13-26-22-17-23(20-9-11-21(28-5)12-10-20)29-24-16-18(3)15-19(4)25(22)24/h9-12,15-17H,6-8,13-14H2,1-5H3/p+1. The van der Waals surface area contributed by atoms with Crippen molar-refractivity contribution in [3.63, 3.8) is 0 Å². The van der Waals surface area contributed by atoms with Crippen LogP contribution in [0.4, 0.5) is 0 Å². The summed E-state index contributed by atoms with van der Waals surface area (Å²) in [5, 5.41) is 2.13. The summed E-state index contributed by atoms with van der Waals surface area (Å²) >= 11 is 0. The van der Waals surface area contributed by atoms with Gasteiger partial charge in [-0.05, 0) is 69.2 Å². The van der Waals surface area contributed by atoms with Crippen LogP contribution in [0.3, 0.4) is 0 Å². The number of methoxy groups -OCH3 is 1. The fraction of sp³-hybridized carbons (Fsp3) is 0.400. The summed E-state index contributed by atoms with van der Waals surface area (Å²) in [6.07, 6.45) is 1.09. The Kier molecular flexibility index (Phi) is 7.10. The van der Waals surface area contributed by atoms with E-state index in [0.29, 0.717) is 0 Å². The van der Waals surface area contributed by atoms with Gasteiger partial charge in [0.05, 0.1) is 32.1 Å². The second kappa shape index (κ2) is 9.75. The van der Waals surface area contributed by atoms with Gasteiger partial charge in [-0.2, -0.15) is 0 Å². The van der Waals surface area contributed by atoms with E-state index >= 15 is 0 Å². The third-order valence-electron chi connectivity index (χ3n) is 5.53. The topological polar surface area (TPSA) is 39.2 Å². The highest BCUT2D eigenvalue weighted by Crippen LogP contribution is 2.26. The molecule has 4 nitrogen and oxygen atoms in total. The number of nitrogens with zero attached hydrogens (tertiary/aromatic N) is 1. The van der Waals surface area contributed by atoms with Crippen molar-refractivity contribution in [1.29, 1.82) is 0 Å². The van der Waals surface area contributed by atoms with Crippen LogP contribution >= 0.6 is 0 Å². The molecule has 3 rings (SSSR count). The molecule has 0 unspecified atom stereocenters. The molecule has 0 fully saturated rings. The summed E-state index contributed by atoms with van der Waals surface area (Å²) in [5.74, 6) is 1.67. The van der Waals surface area contributed by atoms with E-state index in [2.05, 4.69) is 45.9 Å². The monoisotopic (exact) mass is 393 g/mol. The molecule has 29 heavy (non-hydrogen) atoms. The van der Waals surface area contributed by atoms with E-state index in [1.807, 2.05) is 24.3 Å². The third kappa shape index (κ3) is 5.07. The average Bonchev–Trinajstić information content (AvgIpc) is 2.73. The molecule has 0 amide bonds. The summed E-state index contributed by atoms with van der Waals surface area (Å²) in [6, 6.07) is 14.4. The van der Waals surface area contributed by atoms with Crippen molar-refractivity contribution in [2.75, 3.05) is 33.3 Å². The first-order chi connectivity index (χ1) is 14.0. The molecule has 154 valence electrons. The minimum atomic E-state index is 0.831. The molecule has 0 radical (unpaired) electrons. The number of rotatable bonds is 8. The highest BCUT2D eigenvalue weighted by atomic mass is 16.5. The first-order valence-corrected chi connectivity index (χ1v) is 10.6. The summed E-state index contributed by atoms with van der Waals surface area (Å²) in [5.41, 5.74) is 4.32. The van der Waals surface area contributed by atoms with E-state index < -0.39 is 0 Å². The Bertz CT molecular complexity index is 1020. The Morgan fingerprint density at radius 3 is 2.38 bits per heavy atom. The molecule has 1 N–H and O–H groups in total. The van der Waals surface area contributed by atoms with Gasteiger partial charge in [0.15, 0.2) is 0 Å². The van der Waals surface area contributed by atoms with Crippen molar-refractivity contribution in [2.45, 2.75) is 34.1 Å². The van der Waals surface area contributed by atoms with E-state index in [-0.39, 0.29) is 0 Å². The van der Waals surface area contributed by atoms with Crippen molar-refractivity contribution in [3.05, 3.63) is 58.9 Å². The highest BCUT2D eigenvalue weighted by Gasteiger charge is 2.09. The van der Waals surface area contributed by atoms with Crippen LogP contribution in [0.1, 0.15) is 31.4 Å². The Balaban J connectivity index is 2.02. The lowest BCUT2D eigenvalue weighted by molar-refractivity contribution is -0.896. The molecule has 0 atom stereocenters. The minimum Gasteiger partial charge on any atom is -0.497 e. The predicted octanol–water partition coefficient (Wildman–Crippen LogP) is 3.94. The average molecular weight is 394 g/mol. The van der Waals surface area contributed by atoms with Gasteiger partial charge in [0, 0.05) is 30.0 Å². The van der Waals surface area contributed by atoms with Gasteiger partial charge in [-0.25, -0.2) is 0 Å². The number of hydrogen-bond donors (Lipinski definition) is 1. The molecular weight excluding hydrogens is 360 g/mol. The number of ether oxygens (including phenoxy) is 1. The van der Waals surface area contributed by atoms with Crippen LogP contribution in [0.2, 0.25) is 0 Å². The molecule has 1 aromatic heterocycles. The number of quaternary nitrogens is 1. The van der Waals surface area contributed by atoms with Gasteiger partial charge in [-0.15, -0.1) is 0 Å². The van der Waals surface area contributed by atoms with Crippen LogP contribution in [0, 0.1) is 13.8 Å². The Morgan fingerprint density at radius 2 is 1.72 bits per heavy atom. The number of hydrogen-bond acceptors (Lipinski definition) is 3.